The fourth-order valence-corrected chi connectivity index (χ4v) is 3.51. The van der Waals surface area contributed by atoms with Crippen molar-refractivity contribution in [1.29, 1.82) is 0 Å². The first-order valence-electron chi connectivity index (χ1n) is 9.49. The molecule has 4 rings (SSSR count). The summed E-state index contributed by atoms with van der Waals surface area (Å²) in [6.07, 6.45) is 2.31. The average molecular weight is 404 g/mol. The summed E-state index contributed by atoms with van der Waals surface area (Å²) in [5.74, 6) is 0.0738. The van der Waals surface area contributed by atoms with Crippen LogP contribution in [0.3, 0.4) is 0 Å². The summed E-state index contributed by atoms with van der Waals surface area (Å²) < 4.78 is 25.5. The van der Waals surface area contributed by atoms with E-state index < -0.39 is 5.97 Å². The van der Waals surface area contributed by atoms with Gasteiger partial charge in [-0.05, 0) is 66.6 Å². The number of benzene rings is 2. The number of aromatic nitrogens is 2. The van der Waals surface area contributed by atoms with Crippen molar-refractivity contribution >= 4 is 11.6 Å². The first-order chi connectivity index (χ1) is 14.5. The number of carbonyl (C=O) groups is 1. The van der Waals surface area contributed by atoms with Gasteiger partial charge in [0.15, 0.2) is 0 Å². The van der Waals surface area contributed by atoms with Crippen LogP contribution in [0.4, 0.5) is 4.39 Å². The lowest BCUT2D eigenvalue weighted by atomic mass is 10.0. The van der Waals surface area contributed by atoms with Gasteiger partial charge >= 0.3 is 5.97 Å². The number of fused-ring (bicyclic) bond motifs is 1. The molecule has 2 aromatic carbocycles. The highest BCUT2D eigenvalue weighted by molar-refractivity contribution is 5.89. The topological polar surface area (TPSA) is 52.8 Å². The highest BCUT2D eigenvalue weighted by atomic mass is 19.1. The molecule has 30 heavy (non-hydrogen) atoms. The van der Waals surface area contributed by atoms with Gasteiger partial charge in [-0.3, -0.25) is 0 Å². The van der Waals surface area contributed by atoms with E-state index in [-0.39, 0.29) is 5.82 Å². The minimum atomic E-state index is -0.416. The highest BCUT2D eigenvalue weighted by Crippen LogP contribution is 2.29. The molecule has 0 spiro atoms. The van der Waals surface area contributed by atoms with Crippen LogP contribution in [-0.2, 0) is 11.2 Å². The van der Waals surface area contributed by atoms with Crippen LogP contribution in [0, 0.1) is 12.7 Å². The molecule has 4 aromatic rings. The zero-order valence-corrected chi connectivity index (χ0v) is 17.0. The summed E-state index contributed by atoms with van der Waals surface area (Å²) in [5, 5.41) is 0. The molecule has 0 bridgehead atoms. The van der Waals surface area contributed by atoms with Crippen molar-refractivity contribution in [1.82, 2.24) is 9.38 Å². The second-order valence-corrected chi connectivity index (χ2v) is 7.02. The average Bonchev–Trinajstić information content (AvgIpc) is 3.12. The van der Waals surface area contributed by atoms with Crippen LogP contribution in [0.15, 0.2) is 60.8 Å². The molecule has 0 aliphatic heterocycles. The molecule has 0 N–H and O–H groups in total. The van der Waals surface area contributed by atoms with Gasteiger partial charge in [0.05, 0.1) is 31.2 Å². The van der Waals surface area contributed by atoms with Crippen molar-refractivity contribution in [3.8, 4) is 17.0 Å². The number of methoxy groups -OCH3 is 2. The summed E-state index contributed by atoms with van der Waals surface area (Å²) >= 11 is 0. The predicted octanol–water partition coefficient (Wildman–Crippen LogP) is 4.83. The Labute approximate surface area is 173 Å². The van der Waals surface area contributed by atoms with Crippen molar-refractivity contribution in [2.45, 2.75) is 13.3 Å². The lowest BCUT2D eigenvalue weighted by Gasteiger charge is -2.11. The predicted molar refractivity (Wildman–Crippen MR) is 112 cm³/mol. The number of rotatable bonds is 5. The Hall–Kier alpha value is -3.67. The Kier molecular flexibility index (Phi) is 5.23. The van der Waals surface area contributed by atoms with Crippen LogP contribution in [0.25, 0.3) is 16.9 Å². The number of halogens is 1. The number of esters is 1. The number of aryl methyl sites for hydroxylation is 1. The van der Waals surface area contributed by atoms with Gasteiger partial charge in [-0.2, -0.15) is 0 Å². The van der Waals surface area contributed by atoms with Crippen LogP contribution in [0.2, 0.25) is 0 Å². The van der Waals surface area contributed by atoms with E-state index >= 15 is 0 Å². The van der Waals surface area contributed by atoms with Crippen molar-refractivity contribution in [3.63, 3.8) is 0 Å². The molecule has 0 radical (unpaired) electrons. The van der Waals surface area contributed by atoms with E-state index in [1.807, 2.05) is 29.5 Å². The summed E-state index contributed by atoms with van der Waals surface area (Å²) in [4.78, 5) is 16.8. The van der Waals surface area contributed by atoms with Gasteiger partial charge in [-0.1, -0.05) is 6.07 Å². The molecular formula is C24H21FN2O3. The molecule has 0 saturated heterocycles. The largest absolute Gasteiger partial charge is 0.497 e. The van der Waals surface area contributed by atoms with Crippen LogP contribution in [0.1, 0.15) is 27.2 Å². The summed E-state index contributed by atoms with van der Waals surface area (Å²) in [6.45, 7) is 2.03. The number of ether oxygens (including phenoxy) is 2. The number of carbonyl (C=O) groups excluding carboxylic acids is 1. The van der Waals surface area contributed by atoms with Gasteiger partial charge in [0.25, 0.3) is 0 Å². The zero-order chi connectivity index (χ0) is 21.3. The molecule has 2 heterocycles. The molecule has 0 amide bonds. The quantitative estimate of drug-likeness (QED) is 0.447. The standard InChI is InChI=1S/C24H21FN2O3/c1-15-12-20(29-2)10-6-17(15)13-21-23(16-4-8-19(25)9-5-16)26-22-11-7-18(14-27(21)22)24(28)30-3/h4-12,14H,13H2,1-3H3. The second-order valence-electron chi connectivity index (χ2n) is 7.02. The van der Waals surface area contributed by atoms with E-state index in [1.54, 1.807) is 37.6 Å². The fourth-order valence-electron chi connectivity index (χ4n) is 3.51. The molecule has 5 nitrogen and oxygen atoms in total. The van der Waals surface area contributed by atoms with E-state index in [4.69, 9.17) is 14.5 Å². The van der Waals surface area contributed by atoms with E-state index in [1.165, 1.54) is 19.2 Å². The van der Waals surface area contributed by atoms with Crippen molar-refractivity contribution in [2.75, 3.05) is 14.2 Å². The Bertz CT molecular complexity index is 1230. The molecule has 0 atom stereocenters. The van der Waals surface area contributed by atoms with Crippen LogP contribution < -0.4 is 4.74 Å². The number of hydrogen-bond acceptors (Lipinski definition) is 4. The molecule has 0 aliphatic rings. The summed E-state index contributed by atoms with van der Waals surface area (Å²) in [6, 6.07) is 15.6. The summed E-state index contributed by atoms with van der Waals surface area (Å²) in [5.41, 5.74) is 5.76. The third-order valence-electron chi connectivity index (χ3n) is 5.16. The summed E-state index contributed by atoms with van der Waals surface area (Å²) in [7, 11) is 2.99. The zero-order valence-electron chi connectivity index (χ0n) is 17.0. The first kappa shape index (κ1) is 19.6. The molecule has 152 valence electrons. The molecular weight excluding hydrogens is 383 g/mol. The Balaban J connectivity index is 1.90. The van der Waals surface area contributed by atoms with Gasteiger partial charge in [-0.15, -0.1) is 0 Å². The molecule has 0 unspecified atom stereocenters. The van der Waals surface area contributed by atoms with Crippen molar-refractivity contribution in [3.05, 3.63) is 89.0 Å². The maximum atomic E-state index is 13.5. The van der Waals surface area contributed by atoms with Gasteiger partial charge in [-0.25, -0.2) is 14.2 Å². The third kappa shape index (κ3) is 3.64. The third-order valence-corrected chi connectivity index (χ3v) is 5.16. The highest BCUT2D eigenvalue weighted by Gasteiger charge is 2.17. The Morgan fingerprint density at radius 2 is 1.83 bits per heavy atom. The number of pyridine rings is 1. The number of nitrogens with zero attached hydrogens (tertiary/aromatic N) is 2. The lowest BCUT2D eigenvalue weighted by molar-refractivity contribution is 0.0600. The molecule has 6 heteroatoms. The minimum Gasteiger partial charge on any atom is -0.497 e. The van der Waals surface area contributed by atoms with Gasteiger partial charge in [0.2, 0.25) is 0 Å². The van der Waals surface area contributed by atoms with Gasteiger partial charge in [0, 0.05) is 18.2 Å². The van der Waals surface area contributed by atoms with Gasteiger partial charge < -0.3 is 13.9 Å². The Morgan fingerprint density at radius 3 is 2.50 bits per heavy atom. The maximum absolute atomic E-state index is 13.5. The van der Waals surface area contributed by atoms with E-state index in [0.717, 1.165) is 33.8 Å². The fraction of sp³-hybridized carbons (Fsp3) is 0.167. The Morgan fingerprint density at radius 1 is 1.07 bits per heavy atom. The van der Waals surface area contributed by atoms with E-state index in [9.17, 15) is 9.18 Å². The lowest BCUT2D eigenvalue weighted by Crippen LogP contribution is -2.05. The smallest absolute Gasteiger partial charge is 0.339 e. The van der Waals surface area contributed by atoms with Crippen molar-refractivity contribution in [2.24, 2.45) is 0 Å². The number of hydrogen-bond donors (Lipinski definition) is 0. The van der Waals surface area contributed by atoms with E-state index in [2.05, 4.69) is 0 Å². The van der Waals surface area contributed by atoms with Crippen LogP contribution >= 0.6 is 0 Å². The SMILES string of the molecule is COC(=O)c1ccc2nc(-c3ccc(F)cc3)c(Cc3ccc(OC)cc3C)n2c1. The van der Waals surface area contributed by atoms with Crippen LogP contribution in [-0.4, -0.2) is 29.6 Å². The molecule has 0 aliphatic carbocycles. The molecule has 0 saturated carbocycles. The first-order valence-corrected chi connectivity index (χ1v) is 9.49. The molecule has 0 fully saturated rings. The van der Waals surface area contributed by atoms with Gasteiger partial charge in [0.1, 0.15) is 17.2 Å². The van der Waals surface area contributed by atoms with E-state index in [0.29, 0.717) is 17.6 Å². The normalized spacial score (nSPS) is 10.9. The molecule has 2 aromatic heterocycles. The number of imidazole rings is 1. The maximum Gasteiger partial charge on any atom is 0.339 e. The minimum absolute atomic E-state index is 0.303. The monoisotopic (exact) mass is 404 g/mol. The van der Waals surface area contributed by atoms with Crippen molar-refractivity contribution < 1.29 is 18.7 Å². The van der Waals surface area contributed by atoms with Crippen LogP contribution in [0.5, 0.6) is 5.75 Å². The second kappa shape index (κ2) is 7.99.